The number of alkyl halides is 1. The highest BCUT2D eigenvalue weighted by Gasteiger charge is 2.39. The lowest BCUT2D eigenvalue weighted by molar-refractivity contribution is 0.0297. The van der Waals surface area contributed by atoms with Crippen LogP contribution in [0.2, 0.25) is 0 Å². The van der Waals surface area contributed by atoms with Gasteiger partial charge in [0, 0.05) is 63.5 Å². The molecular weight excluding hydrogens is 485 g/mol. The third-order valence-corrected chi connectivity index (χ3v) is 9.56. The second-order valence-corrected chi connectivity index (χ2v) is 12.2. The highest BCUT2D eigenvalue weighted by Crippen LogP contribution is 2.42. The molecule has 0 aliphatic carbocycles. The normalized spacial score (nSPS) is 26.2. The maximum atomic E-state index is 13.5. The zero-order chi connectivity index (χ0) is 24.9. The second kappa shape index (κ2) is 9.51. The van der Waals surface area contributed by atoms with Gasteiger partial charge in [0.1, 0.15) is 6.17 Å². The van der Waals surface area contributed by atoms with Crippen molar-refractivity contribution in [1.82, 2.24) is 24.5 Å². The lowest BCUT2D eigenvalue weighted by Crippen LogP contribution is -2.41. The third kappa shape index (κ3) is 4.36. The number of aromatic nitrogens is 2. The summed E-state index contributed by atoms with van der Waals surface area (Å²) in [5.74, 6) is -0.451. The van der Waals surface area contributed by atoms with Crippen LogP contribution in [0.5, 0.6) is 0 Å². The SMILES string of the molecule is O=C(c1nn(C2CCN(CCN3CC[C@@H](F)C3)C2)c2c1CS(=O)(=O)c1ccccc1-2)N1CCOCC1. The Morgan fingerprint density at radius 1 is 1.03 bits per heavy atom. The number of halogens is 1. The molecule has 1 unspecified atom stereocenters. The van der Waals surface area contributed by atoms with E-state index in [1.165, 1.54) is 0 Å². The summed E-state index contributed by atoms with van der Waals surface area (Å²) in [6, 6.07) is 7.06. The highest BCUT2D eigenvalue weighted by atomic mass is 32.2. The van der Waals surface area contributed by atoms with Crippen LogP contribution in [0.3, 0.4) is 0 Å². The monoisotopic (exact) mass is 517 g/mol. The number of hydrogen-bond acceptors (Lipinski definition) is 7. The number of nitrogens with zero attached hydrogens (tertiary/aromatic N) is 5. The van der Waals surface area contributed by atoms with E-state index in [1.807, 2.05) is 16.8 Å². The van der Waals surface area contributed by atoms with Crippen molar-refractivity contribution >= 4 is 15.7 Å². The molecule has 194 valence electrons. The van der Waals surface area contributed by atoms with Crippen molar-refractivity contribution in [2.45, 2.75) is 35.7 Å². The average Bonchev–Trinajstić information content (AvgIpc) is 3.61. The molecule has 1 aromatic heterocycles. The van der Waals surface area contributed by atoms with Crippen molar-refractivity contribution < 1.29 is 22.3 Å². The van der Waals surface area contributed by atoms with E-state index in [1.54, 1.807) is 17.0 Å². The number of likely N-dealkylation sites (tertiary alicyclic amines) is 2. The highest BCUT2D eigenvalue weighted by molar-refractivity contribution is 7.90. The lowest BCUT2D eigenvalue weighted by atomic mass is 10.0. The van der Waals surface area contributed by atoms with Gasteiger partial charge in [0.2, 0.25) is 0 Å². The Balaban J connectivity index is 1.32. The maximum Gasteiger partial charge on any atom is 0.274 e. The molecule has 1 aromatic carbocycles. The molecule has 36 heavy (non-hydrogen) atoms. The van der Waals surface area contributed by atoms with E-state index in [-0.39, 0.29) is 23.4 Å². The van der Waals surface area contributed by atoms with Gasteiger partial charge in [-0.1, -0.05) is 18.2 Å². The average molecular weight is 518 g/mol. The second-order valence-electron chi connectivity index (χ2n) is 10.2. The van der Waals surface area contributed by atoms with Crippen molar-refractivity contribution in [3.63, 3.8) is 0 Å². The molecule has 6 rings (SSSR count). The number of benzene rings is 1. The maximum absolute atomic E-state index is 13.5. The van der Waals surface area contributed by atoms with E-state index < -0.39 is 16.0 Å². The topological polar surface area (TPSA) is 88.0 Å². The van der Waals surface area contributed by atoms with Crippen LogP contribution in [0, 0.1) is 0 Å². The van der Waals surface area contributed by atoms with Crippen molar-refractivity contribution in [3.05, 3.63) is 35.5 Å². The van der Waals surface area contributed by atoms with Gasteiger partial charge in [-0.05, 0) is 18.9 Å². The molecule has 2 atom stereocenters. The predicted molar refractivity (Wildman–Crippen MR) is 131 cm³/mol. The molecule has 3 saturated heterocycles. The fourth-order valence-electron chi connectivity index (χ4n) is 5.93. The number of fused-ring (bicyclic) bond motifs is 3. The molecular formula is C25H32FN5O4S. The van der Waals surface area contributed by atoms with Gasteiger partial charge in [0.25, 0.3) is 5.91 Å². The number of ether oxygens (including phenoxy) is 1. The van der Waals surface area contributed by atoms with Crippen molar-refractivity contribution in [3.8, 4) is 11.3 Å². The summed E-state index contributed by atoms with van der Waals surface area (Å²) in [7, 11) is -3.58. The minimum atomic E-state index is -3.58. The van der Waals surface area contributed by atoms with Crippen LogP contribution in [0.1, 0.15) is 34.9 Å². The molecule has 5 heterocycles. The zero-order valence-electron chi connectivity index (χ0n) is 20.3. The van der Waals surface area contributed by atoms with Gasteiger partial charge in [-0.15, -0.1) is 0 Å². The van der Waals surface area contributed by atoms with Crippen molar-refractivity contribution in [1.29, 1.82) is 0 Å². The van der Waals surface area contributed by atoms with Gasteiger partial charge in [-0.2, -0.15) is 5.10 Å². The number of carbonyl (C=O) groups excluding carboxylic acids is 1. The molecule has 4 aliphatic rings. The minimum absolute atomic E-state index is 0.0337. The first-order valence-corrected chi connectivity index (χ1v) is 14.5. The summed E-state index contributed by atoms with van der Waals surface area (Å²) in [5, 5.41) is 4.83. The summed E-state index contributed by atoms with van der Waals surface area (Å²) < 4.78 is 47.2. The van der Waals surface area contributed by atoms with Crippen LogP contribution < -0.4 is 0 Å². The van der Waals surface area contributed by atoms with E-state index >= 15 is 0 Å². The summed E-state index contributed by atoms with van der Waals surface area (Å²) >= 11 is 0. The van der Waals surface area contributed by atoms with Crippen LogP contribution >= 0.6 is 0 Å². The van der Waals surface area contributed by atoms with Gasteiger partial charge in [-0.3, -0.25) is 19.3 Å². The largest absolute Gasteiger partial charge is 0.378 e. The fraction of sp³-hybridized carbons (Fsp3) is 0.600. The van der Waals surface area contributed by atoms with Gasteiger partial charge in [-0.25, -0.2) is 12.8 Å². The molecule has 0 N–H and O–H groups in total. The number of amides is 1. The Bertz CT molecular complexity index is 1260. The standard InChI is InChI=1S/C25H32FN5O4S/c26-18-5-7-28(15-18)9-10-29-8-6-19(16-29)31-24-20-3-1-2-4-22(20)36(33,34)17-21(24)23(27-31)25(32)30-11-13-35-14-12-30/h1-4,18-19H,5-17H2/t18-,19?/m1/s1. The number of carbonyl (C=O) groups is 1. The van der Waals surface area contributed by atoms with E-state index in [4.69, 9.17) is 9.84 Å². The van der Waals surface area contributed by atoms with Gasteiger partial charge in [0.05, 0.1) is 35.6 Å². The quantitative estimate of drug-likeness (QED) is 0.595. The lowest BCUT2D eigenvalue weighted by Gasteiger charge is -2.26. The first kappa shape index (κ1) is 24.0. The van der Waals surface area contributed by atoms with E-state index in [0.717, 1.165) is 44.8 Å². The number of rotatable bonds is 5. The molecule has 1 amide bonds. The molecule has 3 fully saturated rings. The molecule has 2 aromatic rings. The van der Waals surface area contributed by atoms with Crippen molar-refractivity contribution in [2.24, 2.45) is 0 Å². The first-order valence-electron chi connectivity index (χ1n) is 12.8. The summed E-state index contributed by atoms with van der Waals surface area (Å²) in [4.78, 5) is 20.1. The van der Waals surface area contributed by atoms with Crippen LogP contribution in [0.25, 0.3) is 11.3 Å². The van der Waals surface area contributed by atoms with Crippen LogP contribution in [-0.2, 0) is 20.3 Å². The summed E-state index contributed by atoms with van der Waals surface area (Å²) in [6.07, 6.45) is 0.760. The molecule has 0 spiro atoms. The molecule has 4 aliphatic heterocycles. The fourth-order valence-corrected chi connectivity index (χ4v) is 7.53. The molecule has 9 nitrogen and oxygen atoms in total. The summed E-state index contributed by atoms with van der Waals surface area (Å²) in [5.41, 5.74) is 2.13. The van der Waals surface area contributed by atoms with Gasteiger partial charge >= 0.3 is 0 Å². The zero-order valence-corrected chi connectivity index (χ0v) is 21.1. The Morgan fingerprint density at radius 2 is 1.75 bits per heavy atom. The number of sulfone groups is 1. The molecule has 11 heteroatoms. The Labute approximate surface area is 210 Å². The van der Waals surface area contributed by atoms with Gasteiger partial charge < -0.3 is 9.64 Å². The Kier molecular flexibility index (Phi) is 6.35. The minimum Gasteiger partial charge on any atom is -0.378 e. The smallest absolute Gasteiger partial charge is 0.274 e. The number of morpholine rings is 1. The Morgan fingerprint density at radius 3 is 2.50 bits per heavy atom. The van der Waals surface area contributed by atoms with Crippen LogP contribution in [0.15, 0.2) is 29.2 Å². The predicted octanol–water partition coefficient (Wildman–Crippen LogP) is 1.60. The summed E-state index contributed by atoms with van der Waals surface area (Å²) in [6.45, 7) is 6.55. The van der Waals surface area contributed by atoms with E-state index in [9.17, 15) is 17.6 Å². The molecule has 0 bridgehead atoms. The van der Waals surface area contributed by atoms with Crippen molar-refractivity contribution in [2.75, 3.05) is 65.6 Å². The molecule has 0 radical (unpaired) electrons. The van der Waals surface area contributed by atoms with Crippen LogP contribution in [0.4, 0.5) is 4.39 Å². The van der Waals surface area contributed by atoms with Gasteiger partial charge in [0.15, 0.2) is 15.5 Å². The molecule has 0 saturated carbocycles. The van der Waals surface area contributed by atoms with Crippen LogP contribution in [-0.4, -0.2) is 111 Å². The third-order valence-electron chi connectivity index (χ3n) is 7.86. The van der Waals surface area contributed by atoms with E-state index in [0.29, 0.717) is 55.3 Å². The first-order chi connectivity index (χ1) is 17.4. The van der Waals surface area contributed by atoms with E-state index in [2.05, 4.69) is 9.80 Å². The Hall–Kier alpha value is -2.34. The number of hydrogen-bond donors (Lipinski definition) is 0.